The van der Waals surface area contributed by atoms with E-state index in [0.29, 0.717) is 30.5 Å². The van der Waals surface area contributed by atoms with Crippen LogP contribution in [0.15, 0.2) is 6.33 Å². The molecule has 0 unspecified atom stereocenters. The van der Waals surface area contributed by atoms with Crippen LogP contribution in [0.1, 0.15) is 29.1 Å². The fraction of sp³-hybridized carbons (Fsp3) is 0.429. The average Bonchev–Trinajstić information content (AvgIpc) is 2.82. The topological polar surface area (TPSA) is 93.2 Å². The van der Waals surface area contributed by atoms with Crippen molar-refractivity contribution in [2.45, 2.75) is 20.8 Å². The summed E-state index contributed by atoms with van der Waals surface area (Å²) < 4.78 is 5.49. The maximum atomic E-state index is 12.2. The van der Waals surface area contributed by atoms with Crippen molar-refractivity contribution >= 4 is 33.4 Å². The number of hydrogen-bond acceptors (Lipinski definition) is 6. The molecular weight excluding hydrogens is 304 g/mol. The first-order chi connectivity index (χ1) is 10.5. The number of hydrogen-bond donors (Lipinski definition) is 2. The maximum absolute atomic E-state index is 12.2. The molecule has 0 saturated carbocycles. The van der Waals surface area contributed by atoms with E-state index in [0.717, 1.165) is 15.8 Å². The van der Waals surface area contributed by atoms with Gasteiger partial charge in [0.05, 0.1) is 16.9 Å². The van der Waals surface area contributed by atoms with Gasteiger partial charge >= 0.3 is 0 Å². The SMILES string of the molecule is CCOc1ncnc2sc(C(=O)NCCNC(C)=O)c(C)c12. The number of amides is 2. The standard InChI is InChI=1S/C14H18N4O3S/c1-4-21-13-10-8(2)11(22-14(10)18-7-17-13)12(20)16-6-5-15-9(3)19/h7H,4-6H2,1-3H3,(H,15,19)(H,16,20). The van der Waals surface area contributed by atoms with Gasteiger partial charge in [0.1, 0.15) is 11.2 Å². The van der Waals surface area contributed by atoms with Crippen LogP contribution < -0.4 is 15.4 Å². The molecule has 0 bridgehead atoms. The first kappa shape index (κ1) is 16.2. The highest BCUT2D eigenvalue weighted by atomic mass is 32.1. The van der Waals surface area contributed by atoms with Crippen molar-refractivity contribution < 1.29 is 14.3 Å². The molecule has 0 radical (unpaired) electrons. The number of carbonyl (C=O) groups excluding carboxylic acids is 2. The number of ether oxygens (including phenoxy) is 1. The minimum absolute atomic E-state index is 0.121. The van der Waals surface area contributed by atoms with Gasteiger partial charge in [-0.1, -0.05) is 0 Å². The summed E-state index contributed by atoms with van der Waals surface area (Å²) in [5, 5.41) is 6.18. The first-order valence-electron chi connectivity index (χ1n) is 6.94. The van der Waals surface area contributed by atoms with Crippen molar-refractivity contribution in [1.29, 1.82) is 0 Å². The van der Waals surface area contributed by atoms with E-state index >= 15 is 0 Å². The van der Waals surface area contributed by atoms with E-state index in [1.807, 2.05) is 13.8 Å². The number of aromatic nitrogens is 2. The lowest BCUT2D eigenvalue weighted by Gasteiger charge is -2.05. The van der Waals surface area contributed by atoms with E-state index in [-0.39, 0.29) is 11.8 Å². The fourth-order valence-electron chi connectivity index (χ4n) is 2.00. The Kier molecular flexibility index (Phi) is 5.26. The summed E-state index contributed by atoms with van der Waals surface area (Å²) in [7, 11) is 0. The monoisotopic (exact) mass is 322 g/mol. The lowest BCUT2D eigenvalue weighted by molar-refractivity contribution is -0.118. The molecule has 0 aliphatic carbocycles. The molecule has 2 rings (SSSR count). The van der Waals surface area contributed by atoms with Crippen LogP contribution in [-0.4, -0.2) is 41.5 Å². The number of nitrogens with one attached hydrogen (secondary N) is 2. The fourth-order valence-corrected chi connectivity index (χ4v) is 3.05. The van der Waals surface area contributed by atoms with Gasteiger partial charge in [-0.25, -0.2) is 9.97 Å². The maximum Gasteiger partial charge on any atom is 0.261 e. The van der Waals surface area contributed by atoms with Gasteiger partial charge in [0, 0.05) is 20.0 Å². The third kappa shape index (κ3) is 3.51. The highest BCUT2D eigenvalue weighted by Gasteiger charge is 2.19. The van der Waals surface area contributed by atoms with Crippen LogP contribution in [0.3, 0.4) is 0 Å². The van der Waals surface area contributed by atoms with Crippen molar-refractivity contribution in [3.8, 4) is 5.88 Å². The van der Waals surface area contributed by atoms with Gasteiger partial charge in [-0.15, -0.1) is 11.3 Å². The molecule has 0 aliphatic rings. The second-order valence-corrected chi connectivity index (χ2v) is 5.59. The van der Waals surface area contributed by atoms with Gasteiger partial charge in [-0.3, -0.25) is 9.59 Å². The molecule has 2 N–H and O–H groups in total. The molecule has 22 heavy (non-hydrogen) atoms. The lowest BCUT2D eigenvalue weighted by atomic mass is 10.2. The summed E-state index contributed by atoms with van der Waals surface area (Å²) >= 11 is 1.31. The van der Waals surface area contributed by atoms with E-state index in [1.165, 1.54) is 24.6 Å². The Bertz CT molecular complexity index is 699. The Morgan fingerprint density at radius 2 is 2.00 bits per heavy atom. The summed E-state index contributed by atoms with van der Waals surface area (Å²) in [6.07, 6.45) is 1.43. The third-order valence-electron chi connectivity index (χ3n) is 2.96. The van der Waals surface area contributed by atoms with E-state index in [4.69, 9.17) is 4.74 Å². The summed E-state index contributed by atoms with van der Waals surface area (Å²) in [5.74, 6) is 0.191. The van der Waals surface area contributed by atoms with E-state index in [1.54, 1.807) is 0 Å². The summed E-state index contributed by atoms with van der Waals surface area (Å²) in [5.41, 5.74) is 0.807. The molecule has 2 amide bonds. The van der Waals surface area contributed by atoms with Gasteiger partial charge in [-0.2, -0.15) is 0 Å². The summed E-state index contributed by atoms with van der Waals surface area (Å²) in [4.78, 5) is 32.6. The van der Waals surface area contributed by atoms with E-state index < -0.39 is 0 Å². The van der Waals surface area contributed by atoms with E-state index in [2.05, 4.69) is 20.6 Å². The summed E-state index contributed by atoms with van der Waals surface area (Å²) in [6, 6.07) is 0. The van der Waals surface area contributed by atoms with Gasteiger partial charge in [0.2, 0.25) is 11.8 Å². The van der Waals surface area contributed by atoms with Gasteiger partial charge in [-0.05, 0) is 19.4 Å². The normalized spacial score (nSPS) is 10.5. The van der Waals surface area contributed by atoms with Crippen LogP contribution in [0.2, 0.25) is 0 Å². The number of carbonyl (C=O) groups is 2. The smallest absolute Gasteiger partial charge is 0.261 e. The molecule has 0 aliphatic heterocycles. The Labute approximate surface area is 132 Å². The molecule has 0 fully saturated rings. The molecule has 0 aromatic carbocycles. The Hall–Kier alpha value is -2.22. The lowest BCUT2D eigenvalue weighted by Crippen LogP contribution is -2.33. The molecule has 118 valence electrons. The molecule has 0 atom stereocenters. The first-order valence-corrected chi connectivity index (χ1v) is 7.75. The van der Waals surface area contributed by atoms with Crippen molar-refractivity contribution in [3.63, 3.8) is 0 Å². The van der Waals surface area contributed by atoms with Crippen LogP contribution in [-0.2, 0) is 4.79 Å². The average molecular weight is 322 g/mol. The van der Waals surface area contributed by atoms with Crippen molar-refractivity contribution in [2.75, 3.05) is 19.7 Å². The largest absolute Gasteiger partial charge is 0.477 e. The Morgan fingerprint density at radius 1 is 1.27 bits per heavy atom. The molecule has 8 heteroatoms. The van der Waals surface area contributed by atoms with Crippen LogP contribution in [0.5, 0.6) is 5.88 Å². The molecule has 2 heterocycles. The number of fused-ring (bicyclic) bond motifs is 1. The predicted molar refractivity (Wildman–Crippen MR) is 84.3 cm³/mol. The Morgan fingerprint density at radius 3 is 2.68 bits per heavy atom. The Balaban J connectivity index is 2.17. The van der Waals surface area contributed by atoms with Crippen molar-refractivity contribution in [2.24, 2.45) is 0 Å². The third-order valence-corrected chi connectivity index (χ3v) is 4.16. The van der Waals surface area contributed by atoms with Gasteiger partial charge < -0.3 is 15.4 Å². The number of thiophene rings is 1. The minimum atomic E-state index is -0.187. The predicted octanol–water partition coefficient (Wildman–Crippen LogP) is 1.26. The molecule has 2 aromatic rings. The highest BCUT2D eigenvalue weighted by Crippen LogP contribution is 2.34. The molecule has 0 spiro atoms. The number of nitrogens with zero attached hydrogens (tertiary/aromatic N) is 2. The molecule has 0 saturated heterocycles. The number of aryl methyl sites for hydroxylation is 1. The quantitative estimate of drug-likeness (QED) is 0.781. The van der Waals surface area contributed by atoms with E-state index in [9.17, 15) is 9.59 Å². The zero-order valence-corrected chi connectivity index (χ0v) is 13.5. The second kappa shape index (κ2) is 7.17. The van der Waals surface area contributed by atoms with Crippen LogP contribution in [0, 0.1) is 6.92 Å². The summed E-state index contributed by atoms with van der Waals surface area (Å²) in [6.45, 7) is 6.44. The van der Waals surface area contributed by atoms with Gasteiger partial charge in [0.25, 0.3) is 5.91 Å². The van der Waals surface area contributed by atoms with Crippen molar-refractivity contribution in [3.05, 3.63) is 16.8 Å². The van der Waals surface area contributed by atoms with Crippen molar-refractivity contribution in [1.82, 2.24) is 20.6 Å². The van der Waals surface area contributed by atoms with Crippen LogP contribution >= 0.6 is 11.3 Å². The zero-order chi connectivity index (χ0) is 16.1. The zero-order valence-electron chi connectivity index (χ0n) is 12.7. The minimum Gasteiger partial charge on any atom is -0.477 e. The molecule has 7 nitrogen and oxygen atoms in total. The second-order valence-electron chi connectivity index (χ2n) is 4.59. The molecular formula is C14H18N4O3S. The van der Waals surface area contributed by atoms with Crippen LogP contribution in [0.25, 0.3) is 10.2 Å². The highest BCUT2D eigenvalue weighted by molar-refractivity contribution is 7.20. The molecule has 2 aromatic heterocycles. The number of rotatable bonds is 6. The van der Waals surface area contributed by atoms with Gasteiger partial charge in [0.15, 0.2) is 0 Å². The van der Waals surface area contributed by atoms with Crippen LogP contribution in [0.4, 0.5) is 0 Å².